The number of benzene rings is 1. The minimum Gasteiger partial charge on any atom is -0.495 e. The van der Waals surface area contributed by atoms with Gasteiger partial charge in [-0.05, 0) is 30.4 Å². The summed E-state index contributed by atoms with van der Waals surface area (Å²) in [4.78, 5) is 11.1. The van der Waals surface area contributed by atoms with Crippen LogP contribution in [0.2, 0.25) is 0 Å². The molecule has 0 spiro atoms. The van der Waals surface area contributed by atoms with E-state index in [1.54, 1.807) is 18.2 Å². The fourth-order valence-corrected chi connectivity index (χ4v) is 4.46. The zero-order chi connectivity index (χ0) is 16.3. The molecule has 22 heavy (non-hydrogen) atoms. The SMILES string of the molecule is COc1ccccc1S(=O)(=O)N1CCC(C)C(CC(=O)O)C1. The van der Waals surface area contributed by atoms with Crippen LogP contribution in [0.15, 0.2) is 29.2 Å². The lowest BCUT2D eigenvalue weighted by Gasteiger charge is -2.35. The van der Waals surface area contributed by atoms with Gasteiger partial charge in [-0.2, -0.15) is 4.31 Å². The van der Waals surface area contributed by atoms with E-state index in [0.29, 0.717) is 18.7 Å². The molecule has 0 radical (unpaired) electrons. The highest BCUT2D eigenvalue weighted by Crippen LogP contribution is 2.32. The third kappa shape index (κ3) is 3.41. The standard InChI is InChI=1S/C15H21NO5S/c1-11-7-8-16(10-12(11)9-15(17)18)22(19,20)14-6-4-3-5-13(14)21-2/h3-6,11-12H,7-10H2,1-2H3,(H,17,18). The van der Waals surface area contributed by atoms with Gasteiger partial charge in [0.05, 0.1) is 7.11 Å². The van der Waals surface area contributed by atoms with E-state index in [4.69, 9.17) is 9.84 Å². The van der Waals surface area contributed by atoms with Crippen molar-refractivity contribution in [3.63, 3.8) is 0 Å². The fourth-order valence-electron chi connectivity index (χ4n) is 2.80. The van der Waals surface area contributed by atoms with Crippen molar-refractivity contribution in [1.82, 2.24) is 4.31 Å². The Hall–Kier alpha value is -1.60. The number of methoxy groups -OCH3 is 1. The van der Waals surface area contributed by atoms with Crippen LogP contribution in [0.4, 0.5) is 0 Å². The van der Waals surface area contributed by atoms with Crippen LogP contribution >= 0.6 is 0 Å². The zero-order valence-corrected chi connectivity index (χ0v) is 13.5. The van der Waals surface area contributed by atoms with E-state index in [2.05, 4.69) is 0 Å². The minimum absolute atomic E-state index is 0.0148. The number of ether oxygens (including phenoxy) is 1. The lowest BCUT2D eigenvalue weighted by atomic mass is 9.86. The number of para-hydroxylation sites is 1. The third-order valence-electron chi connectivity index (χ3n) is 4.20. The van der Waals surface area contributed by atoms with E-state index in [9.17, 15) is 13.2 Å². The summed E-state index contributed by atoms with van der Waals surface area (Å²) in [6.07, 6.45) is 0.644. The molecule has 2 unspecified atom stereocenters. The van der Waals surface area contributed by atoms with E-state index in [1.165, 1.54) is 17.5 Å². The van der Waals surface area contributed by atoms with Crippen molar-refractivity contribution in [3.05, 3.63) is 24.3 Å². The predicted molar refractivity (Wildman–Crippen MR) is 81.3 cm³/mol. The molecule has 0 bridgehead atoms. The van der Waals surface area contributed by atoms with E-state index < -0.39 is 16.0 Å². The Balaban J connectivity index is 2.27. The van der Waals surface area contributed by atoms with Crippen molar-refractivity contribution < 1.29 is 23.1 Å². The van der Waals surface area contributed by atoms with Gasteiger partial charge in [0.15, 0.2) is 0 Å². The Morgan fingerprint density at radius 1 is 1.41 bits per heavy atom. The number of aliphatic carboxylic acids is 1. The van der Waals surface area contributed by atoms with Crippen LogP contribution in [0.5, 0.6) is 5.75 Å². The molecular formula is C15H21NO5S. The van der Waals surface area contributed by atoms with Gasteiger partial charge in [0.1, 0.15) is 10.6 Å². The smallest absolute Gasteiger partial charge is 0.303 e. The molecule has 1 N–H and O–H groups in total. The number of hydrogen-bond donors (Lipinski definition) is 1. The Morgan fingerprint density at radius 3 is 2.73 bits per heavy atom. The van der Waals surface area contributed by atoms with Crippen LogP contribution < -0.4 is 4.74 Å². The first-order valence-corrected chi connectivity index (χ1v) is 8.65. The number of carbonyl (C=O) groups is 1. The van der Waals surface area contributed by atoms with Gasteiger partial charge in [-0.15, -0.1) is 0 Å². The average molecular weight is 327 g/mol. The molecule has 122 valence electrons. The van der Waals surface area contributed by atoms with Gasteiger partial charge in [-0.1, -0.05) is 19.1 Å². The van der Waals surface area contributed by atoms with Gasteiger partial charge < -0.3 is 9.84 Å². The zero-order valence-electron chi connectivity index (χ0n) is 12.7. The number of carboxylic acid groups (broad SMARTS) is 1. The maximum Gasteiger partial charge on any atom is 0.303 e. The van der Waals surface area contributed by atoms with Crippen LogP contribution in [-0.4, -0.2) is 44.0 Å². The number of sulfonamides is 1. The number of piperidine rings is 1. The minimum atomic E-state index is -3.68. The molecular weight excluding hydrogens is 306 g/mol. The highest BCUT2D eigenvalue weighted by molar-refractivity contribution is 7.89. The molecule has 1 saturated heterocycles. The van der Waals surface area contributed by atoms with Crippen LogP contribution in [0, 0.1) is 11.8 Å². The second kappa shape index (κ2) is 6.66. The normalized spacial score (nSPS) is 23.2. The summed E-state index contributed by atoms with van der Waals surface area (Å²) in [6, 6.07) is 6.48. The molecule has 2 atom stereocenters. The summed E-state index contributed by atoms with van der Waals surface area (Å²) < 4.78 is 32.1. The van der Waals surface area contributed by atoms with Gasteiger partial charge >= 0.3 is 5.97 Å². The van der Waals surface area contributed by atoms with Crippen molar-refractivity contribution in [2.45, 2.75) is 24.7 Å². The van der Waals surface area contributed by atoms with E-state index >= 15 is 0 Å². The highest BCUT2D eigenvalue weighted by Gasteiger charge is 2.35. The molecule has 0 aliphatic carbocycles. The number of carboxylic acids is 1. The Bertz CT molecular complexity index is 643. The van der Waals surface area contributed by atoms with Gasteiger partial charge in [0, 0.05) is 19.5 Å². The molecule has 1 aromatic rings. The van der Waals surface area contributed by atoms with Gasteiger partial charge in [0.25, 0.3) is 0 Å². The number of hydrogen-bond acceptors (Lipinski definition) is 4. The molecule has 0 saturated carbocycles. The molecule has 1 fully saturated rings. The maximum atomic E-state index is 12.8. The molecule has 0 amide bonds. The van der Waals surface area contributed by atoms with Crippen molar-refractivity contribution in [3.8, 4) is 5.75 Å². The Morgan fingerprint density at radius 2 is 2.09 bits per heavy atom. The van der Waals surface area contributed by atoms with Crippen molar-refractivity contribution in [1.29, 1.82) is 0 Å². The summed E-state index contributed by atoms with van der Waals surface area (Å²) in [6.45, 7) is 2.60. The molecule has 6 nitrogen and oxygen atoms in total. The Labute approximate surface area is 130 Å². The average Bonchev–Trinajstić information content (AvgIpc) is 2.48. The van der Waals surface area contributed by atoms with Crippen LogP contribution in [0.25, 0.3) is 0 Å². The van der Waals surface area contributed by atoms with Gasteiger partial charge in [-0.3, -0.25) is 4.79 Å². The topological polar surface area (TPSA) is 83.9 Å². The summed E-state index contributed by atoms with van der Waals surface area (Å²) in [5, 5.41) is 8.98. The third-order valence-corrected chi connectivity index (χ3v) is 6.10. The highest BCUT2D eigenvalue weighted by atomic mass is 32.2. The first-order valence-electron chi connectivity index (χ1n) is 7.21. The van der Waals surface area contributed by atoms with E-state index in [1.807, 2.05) is 6.92 Å². The van der Waals surface area contributed by atoms with Crippen molar-refractivity contribution >= 4 is 16.0 Å². The second-order valence-corrected chi connectivity index (χ2v) is 7.54. The Kier molecular flexibility index (Phi) is 5.08. The maximum absolute atomic E-state index is 12.8. The predicted octanol–water partition coefficient (Wildman–Crippen LogP) is 1.82. The summed E-state index contributed by atoms with van der Waals surface area (Å²) in [7, 11) is -2.25. The fraction of sp³-hybridized carbons (Fsp3) is 0.533. The molecule has 0 aromatic heterocycles. The van der Waals surface area contributed by atoms with Crippen molar-refractivity contribution in [2.75, 3.05) is 20.2 Å². The summed E-state index contributed by atoms with van der Waals surface area (Å²) in [5.74, 6) is -0.569. The monoisotopic (exact) mass is 327 g/mol. The molecule has 1 heterocycles. The number of nitrogens with zero attached hydrogens (tertiary/aromatic N) is 1. The first-order chi connectivity index (χ1) is 10.4. The molecule has 7 heteroatoms. The van der Waals surface area contributed by atoms with Crippen LogP contribution in [0.3, 0.4) is 0 Å². The van der Waals surface area contributed by atoms with Gasteiger partial charge in [0.2, 0.25) is 10.0 Å². The van der Waals surface area contributed by atoms with E-state index in [-0.39, 0.29) is 29.7 Å². The second-order valence-electron chi connectivity index (χ2n) is 5.64. The quantitative estimate of drug-likeness (QED) is 0.892. The summed E-state index contributed by atoms with van der Waals surface area (Å²) in [5.41, 5.74) is 0. The summed E-state index contributed by atoms with van der Waals surface area (Å²) >= 11 is 0. The lowest BCUT2D eigenvalue weighted by Crippen LogP contribution is -2.43. The van der Waals surface area contributed by atoms with Crippen molar-refractivity contribution in [2.24, 2.45) is 11.8 Å². The molecule has 1 aromatic carbocycles. The van der Waals surface area contributed by atoms with E-state index in [0.717, 1.165) is 0 Å². The molecule has 1 aliphatic rings. The lowest BCUT2D eigenvalue weighted by molar-refractivity contribution is -0.138. The first kappa shape index (κ1) is 16.8. The molecule has 2 rings (SSSR count). The molecule has 1 aliphatic heterocycles. The van der Waals surface area contributed by atoms with Crippen LogP contribution in [-0.2, 0) is 14.8 Å². The number of rotatable bonds is 5. The van der Waals surface area contributed by atoms with Gasteiger partial charge in [-0.25, -0.2) is 8.42 Å². The largest absolute Gasteiger partial charge is 0.495 e. The van der Waals surface area contributed by atoms with Crippen LogP contribution in [0.1, 0.15) is 19.8 Å².